The van der Waals surface area contributed by atoms with E-state index in [1.54, 1.807) is 11.8 Å². The molecule has 0 saturated carbocycles. The molecule has 0 amide bonds. The van der Waals surface area contributed by atoms with Gasteiger partial charge in [-0.1, -0.05) is 12.5 Å². The smallest absolute Gasteiger partial charge is 0.110 e. The van der Waals surface area contributed by atoms with Gasteiger partial charge in [0.2, 0.25) is 0 Å². The first-order valence-electron chi connectivity index (χ1n) is 4.53. The van der Waals surface area contributed by atoms with Crippen molar-refractivity contribution < 1.29 is 0 Å². The second-order valence-electron chi connectivity index (χ2n) is 2.99. The summed E-state index contributed by atoms with van der Waals surface area (Å²) in [6.07, 6.45) is 3.17. The summed E-state index contributed by atoms with van der Waals surface area (Å²) in [6, 6.07) is 0. The number of hydrogen-bond acceptors (Lipinski definition) is 2. The average Bonchev–Trinajstić information content (AvgIpc) is 2.15. The lowest BCUT2D eigenvalue weighted by atomic mass is 10.2. The molecule has 76 valence electrons. The van der Waals surface area contributed by atoms with E-state index in [2.05, 4.69) is 37.3 Å². The quantitative estimate of drug-likeness (QED) is 0.557. The summed E-state index contributed by atoms with van der Waals surface area (Å²) in [5.41, 5.74) is 2.62. The molecule has 0 spiro atoms. The Morgan fingerprint density at radius 1 is 1.38 bits per heavy atom. The third-order valence-corrected chi connectivity index (χ3v) is 2.62. The predicted molar refractivity (Wildman–Crippen MR) is 63.5 cm³/mol. The van der Waals surface area contributed by atoms with Crippen molar-refractivity contribution in [3.8, 4) is 0 Å². The zero-order valence-electron chi connectivity index (χ0n) is 9.27. The number of nitrogens with zero attached hydrogens (tertiary/aromatic N) is 1. The molecule has 0 saturated heterocycles. The first kappa shape index (κ1) is 12.6. The van der Waals surface area contributed by atoms with Gasteiger partial charge in [-0.25, -0.2) is 0 Å². The van der Waals surface area contributed by atoms with Crippen LogP contribution in [0.25, 0.3) is 0 Å². The molecule has 0 aromatic carbocycles. The fraction of sp³-hybridized carbons (Fsp3) is 0.700. The Morgan fingerprint density at radius 3 is 2.38 bits per heavy atom. The van der Waals surface area contributed by atoms with Crippen LogP contribution in [0.15, 0.2) is 16.3 Å². The second kappa shape index (κ2) is 7.01. The highest BCUT2D eigenvalue weighted by Gasteiger charge is 1.99. The molecule has 3 heteroatoms. The maximum absolute atomic E-state index is 4.18. The number of amidine groups is 1. The Kier molecular flexibility index (Phi) is 6.77. The first-order chi connectivity index (χ1) is 6.15. The average molecular weight is 200 g/mol. The van der Waals surface area contributed by atoms with Crippen molar-refractivity contribution in [2.75, 3.05) is 19.1 Å². The molecule has 0 fully saturated rings. The van der Waals surface area contributed by atoms with Gasteiger partial charge in [-0.3, -0.25) is 4.99 Å². The van der Waals surface area contributed by atoms with Crippen molar-refractivity contribution >= 4 is 17.6 Å². The molecule has 0 aliphatic carbocycles. The van der Waals surface area contributed by atoms with Crippen molar-refractivity contribution in [1.82, 2.24) is 5.32 Å². The maximum atomic E-state index is 4.18. The van der Waals surface area contributed by atoms with Gasteiger partial charge < -0.3 is 5.32 Å². The minimum absolute atomic E-state index is 0.949. The van der Waals surface area contributed by atoms with Crippen LogP contribution in [0.4, 0.5) is 0 Å². The number of thioether (sulfide) groups is 1. The van der Waals surface area contributed by atoms with Crippen LogP contribution in [0.2, 0.25) is 0 Å². The molecule has 0 unspecified atom stereocenters. The fourth-order valence-electron chi connectivity index (χ4n) is 0.882. The Morgan fingerprint density at radius 2 is 2.00 bits per heavy atom. The number of hydrogen-bond donors (Lipinski definition) is 1. The van der Waals surface area contributed by atoms with Gasteiger partial charge in [-0.2, -0.15) is 11.8 Å². The molecular formula is C10H20N2S. The van der Waals surface area contributed by atoms with Crippen LogP contribution >= 0.6 is 11.8 Å². The molecule has 13 heavy (non-hydrogen) atoms. The largest absolute Gasteiger partial charge is 0.347 e. The van der Waals surface area contributed by atoms with Crippen molar-refractivity contribution in [3.05, 3.63) is 11.3 Å². The van der Waals surface area contributed by atoms with E-state index in [-0.39, 0.29) is 0 Å². The summed E-state index contributed by atoms with van der Waals surface area (Å²) in [6.45, 7) is 6.41. The van der Waals surface area contributed by atoms with Gasteiger partial charge in [-0.05, 0) is 26.5 Å². The normalized spacial score (nSPS) is 14.1. The van der Waals surface area contributed by atoms with Crippen LogP contribution in [0.1, 0.15) is 27.2 Å². The Labute approximate surface area is 85.9 Å². The zero-order valence-corrected chi connectivity index (χ0v) is 10.1. The highest BCUT2D eigenvalue weighted by Crippen LogP contribution is 2.04. The van der Waals surface area contributed by atoms with E-state index < -0.39 is 0 Å². The molecule has 0 radical (unpaired) electrons. The molecule has 0 aliphatic heterocycles. The van der Waals surface area contributed by atoms with Gasteiger partial charge in [0.25, 0.3) is 0 Å². The summed E-state index contributed by atoms with van der Waals surface area (Å²) in [4.78, 5) is 4.18. The van der Waals surface area contributed by atoms with Gasteiger partial charge in [0.1, 0.15) is 5.84 Å². The highest BCUT2D eigenvalue weighted by molar-refractivity contribution is 7.99. The molecule has 1 N–H and O–H groups in total. The van der Waals surface area contributed by atoms with Crippen molar-refractivity contribution in [2.24, 2.45) is 4.99 Å². The summed E-state index contributed by atoms with van der Waals surface area (Å²) in [5.74, 6) is 2.00. The SMILES string of the molecule is CCC(C)=C(C)NC(CSC)=NC. The number of aliphatic imine (C=N–C) groups is 1. The van der Waals surface area contributed by atoms with Gasteiger partial charge in [-0.15, -0.1) is 0 Å². The molecule has 0 atom stereocenters. The molecule has 0 aromatic heterocycles. The minimum Gasteiger partial charge on any atom is -0.347 e. The van der Waals surface area contributed by atoms with Gasteiger partial charge in [0.05, 0.1) is 5.75 Å². The minimum atomic E-state index is 0.949. The van der Waals surface area contributed by atoms with Crippen molar-refractivity contribution in [3.63, 3.8) is 0 Å². The lowest BCUT2D eigenvalue weighted by Crippen LogP contribution is -2.24. The maximum Gasteiger partial charge on any atom is 0.110 e. The van der Waals surface area contributed by atoms with Gasteiger partial charge in [0, 0.05) is 12.7 Å². The van der Waals surface area contributed by atoms with E-state index in [4.69, 9.17) is 0 Å². The van der Waals surface area contributed by atoms with E-state index in [0.717, 1.165) is 18.0 Å². The predicted octanol–water partition coefficient (Wildman–Crippen LogP) is 2.67. The molecule has 2 nitrogen and oxygen atoms in total. The van der Waals surface area contributed by atoms with Gasteiger partial charge in [0.15, 0.2) is 0 Å². The lowest BCUT2D eigenvalue weighted by molar-refractivity contribution is 0.980. The lowest BCUT2D eigenvalue weighted by Gasteiger charge is -2.11. The molecule has 0 aromatic rings. The van der Waals surface area contributed by atoms with E-state index in [1.165, 1.54) is 11.3 Å². The zero-order chi connectivity index (χ0) is 10.3. The molecule has 0 rings (SSSR count). The number of nitrogens with one attached hydrogen (secondary N) is 1. The molecular weight excluding hydrogens is 180 g/mol. The summed E-state index contributed by atoms with van der Waals surface area (Å²) in [7, 11) is 1.83. The summed E-state index contributed by atoms with van der Waals surface area (Å²) in [5, 5.41) is 3.33. The van der Waals surface area contributed by atoms with Crippen molar-refractivity contribution in [2.45, 2.75) is 27.2 Å². The molecule has 0 bridgehead atoms. The first-order valence-corrected chi connectivity index (χ1v) is 5.93. The van der Waals surface area contributed by atoms with Crippen LogP contribution in [0.5, 0.6) is 0 Å². The highest BCUT2D eigenvalue weighted by atomic mass is 32.2. The Hall–Kier alpha value is -0.440. The fourth-order valence-corrected chi connectivity index (χ4v) is 1.36. The number of allylic oxidation sites excluding steroid dienone is 2. The topological polar surface area (TPSA) is 24.4 Å². The summed E-state index contributed by atoms with van der Waals surface area (Å²) < 4.78 is 0. The summed E-state index contributed by atoms with van der Waals surface area (Å²) >= 11 is 1.78. The Balaban J connectivity index is 4.25. The van der Waals surface area contributed by atoms with E-state index >= 15 is 0 Å². The van der Waals surface area contributed by atoms with Crippen LogP contribution in [0.3, 0.4) is 0 Å². The third kappa shape index (κ3) is 4.98. The van der Waals surface area contributed by atoms with E-state index in [0.29, 0.717) is 0 Å². The standard InChI is InChI=1S/C10H20N2S/c1-6-8(2)9(3)12-10(11-4)7-13-5/h6-7H2,1-5H3,(H,11,12). The monoisotopic (exact) mass is 200 g/mol. The second-order valence-corrected chi connectivity index (χ2v) is 3.85. The van der Waals surface area contributed by atoms with Crippen LogP contribution in [-0.2, 0) is 0 Å². The molecule has 0 heterocycles. The third-order valence-electron chi connectivity index (χ3n) is 2.05. The van der Waals surface area contributed by atoms with Gasteiger partial charge >= 0.3 is 0 Å². The van der Waals surface area contributed by atoms with Crippen LogP contribution < -0.4 is 5.32 Å². The number of rotatable bonds is 4. The van der Waals surface area contributed by atoms with Crippen molar-refractivity contribution in [1.29, 1.82) is 0 Å². The van der Waals surface area contributed by atoms with E-state index in [1.807, 2.05) is 7.05 Å². The molecule has 0 aliphatic rings. The van der Waals surface area contributed by atoms with Crippen LogP contribution in [0, 0.1) is 0 Å². The van der Waals surface area contributed by atoms with E-state index in [9.17, 15) is 0 Å². The Bertz CT molecular complexity index is 207. The van der Waals surface area contributed by atoms with Crippen LogP contribution in [-0.4, -0.2) is 24.9 Å².